The number of aliphatic hydroxyl groups excluding tert-OH is 2. The summed E-state index contributed by atoms with van der Waals surface area (Å²) in [6, 6.07) is 0. The molecule has 0 aliphatic heterocycles. The van der Waals surface area contributed by atoms with Crippen LogP contribution >= 0.6 is 0 Å². The highest BCUT2D eigenvalue weighted by atomic mass is 16.3. The second-order valence-electron chi connectivity index (χ2n) is 2.41. The lowest BCUT2D eigenvalue weighted by Gasteiger charge is -2.16. The Morgan fingerprint density at radius 1 is 1.33 bits per heavy atom. The lowest BCUT2D eigenvalue weighted by Crippen LogP contribution is -2.24. The minimum Gasteiger partial charge on any atom is -0.395 e. The molecule has 0 unspecified atom stereocenters. The molecular weight excluding hydrogens is 158 g/mol. The fourth-order valence-electron chi connectivity index (χ4n) is 0.728. The van der Waals surface area contributed by atoms with E-state index in [1.807, 2.05) is 0 Å². The van der Waals surface area contributed by atoms with Gasteiger partial charge in [-0.05, 0) is 13.0 Å². The Kier molecular flexibility index (Phi) is 6.32. The second-order valence-corrected chi connectivity index (χ2v) is 2.41. The average molecular weight is 173 g/mol. The molecule has 0 aliphatic rings. The van der Waals surface area contributed by atoms with Crippen LogP contribution in [0.1, 0.15) is 6.92 Å². The Morgan fingerprint density at radius 2 is 1.83 bits per heavy atom. The fraction of sp³-hybridized carbons (Fsp3) is 0.625. The molecule has 0 aliphatic carbocycles. The van der Waals surface area contributed by atoms with Crippen molar-refractivity contribution in [1.29, 1.82) is 0 Å². The van der Waals surface area contributed by atoms with Crippen molar-refractivity contribution in [3.05, 3.63) is 12.3 Å². The van der Waals surface area contributed by atoms with E-state index in [4.69, 9.17) is 10.2 Å². The Labute approximate surface area is 72.1 Å². The molecule has 2 N–H and O–H groups in total. The molecule has 0 atom stereocenters. The van der Waals surface area contributed by atoms with Crippen molar-refractivity contribution in [3.8, 4) is 0 Å². The lowest BCUT2D eigenvalue weighted by molar-refractivity contribution is -0.112. The number of carbonyl (C=O) groups excluding carboxylic acids is 1. The molecule has 0 spiro atoms. The summed E-state index contributed by atoms with van der Waals surface area (Å²) in [4.78, 5) is 12.2. The Morgan fingerprint density at radius 3 is 2.17 bits per heavy atom. The molecule has 70 valence electrons. The van der Waals surface area contributed by atoms with Gasteiger partial charge in [-0.1, -0.05) is 0 Å². The first-order valence-corrected chi connectivity index (χ1v) is 3.85. The number of hydrogen-bond acceptors (Lipinski definition) is 4. The average Bonchev–Trinajstić information content (AvgIpc) is 2.01. The topological polar surface area (TPSA) is 60.8 Å². The van der Waals surface area contributed by atoms with Crippen molar-refractivity contribution in [2.24, 2.45) is 0 Å². The van der Waals surface area contributed by atoms with Crippen LogP contribution in [0, 0.1) is 0 Å². The van der Waals surface area contributed by atoms with Gasteiger partial charge in [0.2, 0.25) is 0 Å². The minimum absolute atomic E-state index is 0.0161. The van der Waals surface area contributed by atoms with Crippen LogP contribution in [-0.4, -0.2) is 47.2 Å². The monoisotopic (exact) mass is 173 g/mol. The number of carbonyl (C=O) groups is 1. The van der Waals surface area contributed by atoms with Gasteiger partial charge in [0.05, 0.1) is 13.2 Å². The predicted molar refractivity (Wildman–Crippen MR) is 45.6 cm³/mol. The smallest absolute Gasteiger partial charge is 0.154 e. The first kappa shape index (κ1) is 11.1. The van der Waals surface area contributed by atoms with E-state index in [-0.39, 0.29) is 19.0 Å². The molecule has 0 fully saturated rings. The standard InChI is InChI=1S/C8H15NO3/c1-8(12)2-3-9(4-6-10)5-7-11/h2-3,10-11H,4-7H2,1H3/b3-2+. The van der Waals surface area contributed by atoms with E-state index in [2.05, 4.69) is 0 Å². The summed E-state index contributed by atoms with van der Waals surface area (Å²) < 4.78 is 0. The van der Waals surface area contributed by atoms with Crippen LogP contribution in [0.2, 0.25) is 0 Å². The molecule has 4 nitrogen and oxygen atoms in total. The molecule has 0 aromatic rings. The fourth-order valence-corrected chi connectivity index (χ4v) is 0.728. The summed E-state index contributed by atoms with van der Waals surface area (Å²) in [5.74, 6) is -0.0455. The van der Waals surface area contributed by atoms with Crippen molar-refractivity contribution < 1.29 is 15.0 Å². The SMILES string of the molecule is CC(=O)/C=C/N(CCO)CCO. The number of aliphatic hydroxyl groups is 2. The van der Waals surface area contributed by atoms with Gasteiger partial charge >= 0.3 is 0 Å². The third-order valence-electron chi connectivity index (χ3n) is 1.29. The molecule has 0 rings (SSSR count). The summed E-state index contributed by atoms with van der Waals surface area (Å²) in [5, 5.41) is 17.2. The van der Waals surface area contributed by atoms with Gasteiger partial charge in [0.15, 0.2) is 5.78 Å². The van der Waals surface area contributed by atoms with E-state index in [9.17, 15) is 4.79 Å². The summed E-state index contributed by atoms with van der Waals surface area (Å²) in [6.07, 6.45) is 2.99. The predicted octanol–water partition coefficient (Wildman–Crippen LogP) is -0.624. The Hall–Kier alpha value is -0.870. The number of rotatable bonds is 6. The maximum atomic E-state index is 10.5. The summed E-state index contributed by atoms with van der Waals surface area (Å²) in [6.45, 7) is 2.35. The van der Waals surface area contributed by atoms with Crippen LogP contribution in [0.5, 0.6) is 0 Å². The van der Waals surface area contributed by atoms with Crippen molar-refractivity contribution in [1.82, 2.24) is 4.90 Å². The normalized spacial score (nSPS) is 10.6. The molecule has 4 heteroatoms. The van der Waals surface area contributed by atoms with Gasteiger partial charge in [0.25, 0.3) is 0 Å². The van der Waals surface area contributed by atoms with E-state index in [1.54, 1.807) is 11.1 Å². The third-order valence-corrected chi connectivity index (χ3v) is 1.29. The quantitative estimate of drug-likeness (QED) is 0.525. The van der Waals surface area contributed by atoms with Gasteiger partial charge in [-0.2, -0.15) is 0 Å². The molecule has 0 aromatic heterocycles. The number of ketones is 1. The van der Waals surface area contributed by atoms with Crippen LogP contribution in [0.3, 0.4) is 0 Å². The molecule has 0 aromatic carbocycles. The molecule has 0 bridgehead atoms. The molecular formula is C8H15NO3. The highest BCUT2D eigenvalue weighted by Gasteiger charge is 1.96. The molecule has 12 heavy (non-hydrogen) atoms. The van der Waals surface area contributed by atoms with Crippen LogP contribution in [0.25, 0.3) is 0 Å². The molecule has 0 heterocycles. The number of nitrogens with zero attached hydrogens (tertiary/aromatic N) is 1. The highest BCUT2D eigenvalue weighted by molar-refractivity contribution is 5.87. The van der Waals surface area contributed by atoms with E-state index in [0.717, 1.165) is 0 Å². The van der Waals surface area contributed by atoms with Gasteiger partial charge in [-0.15, -0.1) is 0 Å². The Bertz CT molecular complexity index is 150. The zero-order valence-corrected chi connectivity index (χ0v) is 7.23. The first-order valence-electron chi connectivity index (χ1n) is 3.85. The minimum atomic E-state index is -0.0455. The second kappa shape index (κ2) is 6.82. The van der Waals surface area contributed by atoms with Crippen LogP contribution in [0.4, 0.5) is 0 Å². The van der Waals surface area contributed by atoms with Gasteiger partial charge in [-0.3, -0.25) is 4.79 Å². The van der Waals surface area contributed by atoms with Gasteiger partial charge in [0.1, 0.15) is 0 Å². The van der Waals surface area contributed by atoms with E-state index in [0.29, 0.717) is 13.1 Å². The molecule has 0 radical (unpaired) electrons. The van der Waals surface area contributed by atoms with Gasteiger partial charge in [0, 0.05) is 19.3 Å². The van der Waals surface area contributed by atoms with Crippen molar-refractivity contribution >= 4 is 5.78 Å². The lowest BCUT2D eigenvalue weighted by atomic mass is 10.4. The third kappa shape index (κ3) is 5.88. The van der Waals surface area contributed by atoms with Crippen molar-refractivity contribution in [2.45, 2.75) is 6.92 Å². The number of hydrogen-bond donors (Lipinski definition) is 2. The molecule has 0 saturated carbocycles. The van der Waals surface area contributed by atoms with E-state index < -0.39 is 0 Å². The summed E-state index contributed by atoms with van der Waals surface area (Å²) >= 11 is 0. The van der Waals surface area contributed by atoms with Gasteiger partial charge < -0.3 is 15.1 Å². The highest BCUT2D eigenvalue weighted by Crippen LogP contribution is 1.88. The van der Waals surface area contributed by atoms with Crippen LogP contribution in [-0.2, 0) is 4.79 Å². The number of allylic oxidation sites excluding steroid dienone is 1. The maximum Gasteiger partial charge on any atom is 0.154 e. The van der Waals surface area contributed by atoms with E-state index in [1.165, 1.54) is 13.0 Å². The molecule has 0 saturated heterocycles. The molecule has 0 amide bonds. The zero-order chi connectivity index (χ0) is 9.40. The zero-order valence-electron chi connectivity index (χ0n) is 7.23. The first-order chi connectivity index (χ1) is 5.70. The Balaban J connectivity index is 3.84. The van der Waals surface area contributed by atoms with Crippen molar-refractivity contribution in [2.75, 3.05) is 26.3 Å². The van der Waals surface area contributed by atoms with Crippen molar-refractivity contribution in [3.63, 3.8) is 0 Å². The van der Waals surface area contributed by atoms with Crippen LogP contribution in [0.15, 0.2) is 12.3 Å². The van der Waals surface area contributed by atoms with E-state index >= 15 is 0 Å². The maximum absolute atomic E-state index is 10.5. The van der Waals surface area contributed by atoms with Gasteiger partial charge in [-0.25, -0.2) is 0 Å². The summed E-state index contributed by atoms with van der Waals surface area (Å²) in [7, 11) is 0. The van der Waals surface area contributed by atoms with Crippen LogP contribution < -0.4 is 0 Å². The largest absolute Gasteiger partial charge is 0.395 e. The summed E-state index contributed by atoms with van der Waals surface area (Å²) in [5.41, 5.74) is 0.